The van der Waals surface area contributed by atoms with Gasteiger partial charge in [-0.25, -0.2) is 4.98 Å². The lowest BCUT2D eigenvalue weighted by molar-refractivity contribution is 0.191. The molecule has 2 N–H and O–H groups in total. The Morgan fingerprint density at radius 3 is 2.75 bits per heavy atom. The zero-order valence-electron chi connectivity index (χ0n) is 12.3. The van der Waals surface area contributed by atoms with Gasteiger partial charge < -0.3 is 19.9 Å². The van der Waals surface area contributed by atoms with E-state index >= 15 is 0 Å². The number of nitrogens with zero attached hydrogens (tertiary/aromatic N) is 5. The monoisotopic (exact) mass is 278 g/mol. The number of unbranched alkanes of at least 4 members (excludes halogenated alkanes) is 2. The summed E-state index contributed by atoms with van der Waals surface area (Å²) in [6.45, 7) is 1.69. The van der Waals surface area contributed by atoms with Crippen LogP contribution in [-0.4, -0.2) is 47.3 Å². The minimum Gasteiger partial charge on any atom is -0.385 e. The van der Waals surface area contributed by atoms with Crippen molar-refractivity contribution in [2.45, 2.75) is 25.8 Å². The molecule has 2 aromatic rings. The predicted octanol–water partition coefficient (Wildman–Crippen LogP) is 1.29. The molecule has 0 aliphatic carbocycles. The molecule has 20 heavy (non-hydrogen) atoms. The largest absolute Gasteiger partial charge is 0.385 e. The van der Waals surface area contributed by atoms with Gasteiger partial charge in [0.1, 0.15) is 5.52 Å². The fourth-order valence-electron chi connectivity index (χ4n) is 2.02. The number of ether oxygens (including phenoxy) is 1. The van der Waals surface area contributed by atoms with Gasteiger partial charge in [0.2, 0.25) is 5.95 Å². The number of imidazole rings is 1. The van der Waals surface area contributed by atoms with E-state index in [1.807, 2.05) is 23.6 Å². The maximum Gasteiger partial charge on any atom is 0.228 e. The quantitative estimate of drug-likeness (QED) is 0.769. The summed E-state index contributed by atoms with van der Waals surface area (Å²) in [5.74, 6) is 1.04. The van der Waals surface area contributed by atoms with E-state index in [-0.39, 0.29) is 0 Å². The standard InChI is InChI=1S/C13H22N6O/c1-18(2)13-16-11(14)10-12(17-13)19(9-15-10)7-5-4-6-8-20-3/h9H,4-8H2,1-3H3,(H2,14,16,17). The molecule has 0 aliphatic heterocycles. The second-order valence-corrected chi connectivity index (χ2v) is 4.97. The van der Waals surface area contributed by atoms with Crippen LogP contribution in [0.3, 0.4) is 0 Å². The molecule has 0 spiro atoms. The molecule has 0 bridgehead atoms. The maximum atomic E-state index is 5.93. The van der Waals surface area contributed by atoms with E-state index in [2.05, 4.69) is 15.0 Å². The third-order valence-electron chi connectivity index (χ3n) is 3.13. The Morgan fingerprint density at radius 2 is 2.05 bits per heavy atom. The Bertz CT molecular complexity index is 565. The van der Waals surface area contributed by atoms with Crippen LogP contribution in [0.1, 0.15) is 19.3 Å². The third kappa shape index (κ3) is 3.16. The van der Waals surface area contributed by atoms with E-state index in [1.54, 1.807) is 13.4 Å². The van der Waals surface area contributed by atoms with E-state index in [0.717, 1.165) is 38.1 Å². The first-order valence-electron chi connectivity index (χ1n) is 6.78. The molecule has 0 saturated heterocycles. The number of methoxy groups -OCH3 is 1. The van der Waals surface area contributed by atoms with E-state index < -0.39 is 0 Å². The van der Waals surface area contributed by atoms with Crippen molar-refractivity contribution >= 4 is 22.9 Å². The van der Waals surface area contributed by atoms with Crippen molar-refractivity contribution in [3.8, 4) is 0 Å². The lowest BCUT2D eigenvalue weighted by Gasteiger charge is -2.11. The smallest absolute Gasteiger partial charge is 0.228 e. The maximum absolute atomic E-state index is 5.93. The summed E-state index contributed by atoms with van der Waals surface area (Å²) in [6, 6.07) is 0. The third-order valence-corrected chi connectivity index (χ3v) is 3.13. The van der Waals surface area contributed by atoms with E-state index in [4.69, 9.17) is 10.5 Å². The highest BCUT2D eigenvalue weighted by molar-refractivity contribution is 5.82. The minimum absolute atomic E-state index is 0.428. The Morgan fingerprint density at radius 1 is 1.25 bits per heavy atom. The molecule has 7 heteroatoms. The van der Waals surface area contributed by atoms with Gasteiger partial charge in [0.15, 0.2) is 11.5 Å². The fraction of sp³-hybridized carbons (Fsp3) is 0.615. The highest BCUT2D eigenvalue weighted by atomic mass is 16.5. The van der Waals surface area contributed by atoms with Crippen LogP contribution in [0.5, 0.6) is 0 Å². The van der Waals surface area contributed by atoms with Crippen molar-refractivity contribution in [2.75, 3.05) is 38.4 Å². The van der Waals surface area contributed by atoms with Crippen LogP contribution in [0.2, 0.25) is 0 Å². The van der Waals surface area contributed by atoms with Gasteiger partial charge in [0.05, 0.1) is 6.33 Å². The van der Waals surface area contributed by atoms with Gasteiger partial charge >= 0.3 is 0 Å². The molecule has 0 radical (unpaired) electrons. The molecule has 0 fully saturated rings. The molecule has 110 valence electrons. The second kappa shape index (κ2) is 6.51. The summed E-state index contributed by atoms with van der Waals surface area (Å²) in [4.78, 5) is 14.9. The molecule has 2 rings (SSSR count). The van der Waals surface area contributed by atoms with Crippen LogP contribution >= 0.6 is 0 Å². The molecule has 2 heterocycles. The van der Waals surface area contributed by atoms with Crippen molar-refractivity contribution in [2.24, 2.45) is 0 Å². The molecule has 0 aromatic carbocycles. The van der Waals surface area contributed by atoms with Crippen LogP contribution in [0.15, 0.2) is 6.33 Å². The molecule has 7 nitrogen and oxygen atoms in total. The predicted molar refractivity (Wildman–Crippen MR) is 79.8 cm³/mol. The highest BCUT2D eigenvalue weighted by Crippen LogP contribution is 2.19. The topological polar surface area (TPSA) is 82.1 Å². The molecule has 0 amide bonds. The molecule has 0 unspecified atom stereocenters. The summed E-state index contributed by atoms with van der Waals surface area (Å²) in [5.41, 5.74) is 7.41. The Labute approximate surface area is 118 Å². The van der Waals surface area contributed by atoms with Crippen molar-refractivity contribution < 1.29 is 4.74 Å². The van der Waals surface area contributed by atoms with Crippen molar-refractivity contribution in [3.63, 3.8) is 0 Å². The summed E-state index contributed by atoms with van der Waals surface area (Å²) in [7, 11) is 5.52. The van der Waals surface area contributed by atoms with Crippen molar-refractivity contribution in [1.82, 2.24) is 19.5 Å². The van der Waals surface area contributed by atoms with Gasteiger partial charge in [-0.1, -0.05) is 0 Å². The average Bonchev–Trinajstić information content (AvgIpc) is 2.82. The number of nitrogen functional groups attached to an aromatic ring is 1. The first-order chi connectivity index (χ1) is 9.63. The van der Waals surface area contributed by atoms with Crippen LogP contribution in [0.4, 0.5) is 11.8 Å². The lowest BCUT2D eigenvalue weighted by Crippen LogP contribution is -2.14. The Kier molecular flexibility index (Phi) is 4.73. The summed E-state index contributed by atoms with van der Waals surface area (Å²) in [5, 5.41) is 0. The highest BCUT2D eigenvalue weighted by Gasteiger charge is 2.11. The van der Waals surface area contributed by atoms with Crippen LogP contribution in [0.25, 0.3) is 11.2 Å². The molecule has 0 atom stereocenters. The summed E-state index contributed by atoms with van der Waals surface area (Å²) in [6.07, 6.45) is 5.04. The van der Waals surface area contributed by atoms with E-state index in [9.17, 15) is 0 Å². The first kappa shape index (κ1) is 14.5. The molecule has 2 aromatic heterocycles. The number of anilines is 2. The van der Waals surface area contributed by atoms with Crippen LogP contribution < -0.4 is 10.6 Å². The second-order valence-electron chi connectivity index (χ2n) is 4.97. The number of aryl methyl sites for hydroxylation is 1. The number of hydrogen-bond acceptors (Lipinski definition) is 6. The average molecular weight is 278 g/mol. The molecule has 0 aliphatic rings. The van der Waals surface area contributed by atoms with Crippen molar-refractivity contribution in [1.29, 1.82) is 0 Å². The van der Waals surface area contributed by atoms with Crippen LogP contribution in [-0.2, 0) is 11.3 Å². The lowest BCUT2D eigenvalue weighted by atomic mass is 10.2. The number of nitrogens with two attached hydrogens (primary N) is 1. The van der Waals surface area contributed by atoms with Gasteiger partial charge in [0, 0.05) is 34.4 Å². The van der Waals surface area contributed by atoms with Gasteiger partial charge in [-0.3, -0.25) is 0 Å². The number of hydrogen-bond donors (Lipinski definition) is 1. The normalized spacial score (nSPS) is 11.2. The number of rotatable bonds is 7. The van der Waals surface area contributed by atoms with E-state index in [1.165, 1.54) is 0 Å². The first-order valence-corrected chi connectivity index (χ1v) is 6.78. The zero-order chi connectivity index (χ0) is 14.5. The van der Waals surface area contributed by atoms with Gasteiger partial charge in [-0.05, 0) is 19.3 Å². The van der Waals surface area contributed by atoms with Gasteiger partial charge in [-0.15, -0.1) is 0 Å². The summed E-state index contributed by atoms with van der Waals surface area (Å²) < 4.78 is 7.08. The minimum atomic E-state index is 0.428. The fourth-order valence-corrected chi connectivity index (χ4v) is 2.02. The Balaban J connectivity index is 2.13. The number of fused-ring (bicyclic) bond motifs is 1. The van der Waals surface area contributed by atoms with Gasteiger partial charge in [0.25, 0.3) is 0 Å². The van der Waals surface area contributed by atoms with Gasteiger partial charge in [-0.2, -0.15) is 9.97 Å². The molecular weight excluding hydrogens is 256 g/mol. The summed E-state index contributed by atoms with van der Waals surface area (Å²) >= 11 is 0. The Hall–Kier alpha value is -1.89. The molecule has 0 saturated carbocycles. The van der Waals surface area contributed by atoms with E-state index in [0.29, 0.717) is 17.3 Å². The molecular formula is C13H22N6O. The zero-order valence-corrected chi connectivity index (χ0v) is 12.3. The SMILES string of the molecule is COCCCCCn1cnc2c(N)nc(N(C)C)nc21. The van der Waals surface area contributed by atoms with Crippen molar-refractivity contribution in [3.05, 3.63) is 6.33 Å². The van der Waals surface area contributed by atoms with Crippen LogP contribution in [0, 0.1) is 0 Å². The number of aromatic nitrogens is 4.